The van der Waals surface area contributed by atoms with Gasteiger partial charge in [-0.3, -0.25) is 4.79 Å². The fourth-order valence-electron chi connectivity index (χ4n) is 2.50. The second-order valence-corrected chi connectivity index (χ2v) is 6.79. The molecule has 0 radical (unpaired) electrons. The van der Waals surface area contributed by atoms with Crippen molar-refractivity contribution in [1.82, 2.24) is 0 Å². The number of allylic oxidation sites excluding steroid dienone is 2. The molecule has 0 unspecified atom stereocenters. The highest BCUT2D eigenvalue weighted by Gasteiger charge is 2.53. The number of hydrogen-bond donors (Lipinski definition) is 1. The Morgan fingerprint density at radius 3 is 2.25 bits per heavy atom. The van der Waals surface area contributed by atoms with Crippen LogP contribution in [-0.4, -0.2) is 36.1 Å². The van der Waals surface area contributed by atoms with Crippen LogP contribution in [0.4, 0.5) is 4.39 Å². The average Bonchev–Trinajstić information content (AvgIpc) is 2.58. The molecule has 4 nitrogen and oxygen atoms in total. The number of aliphatic carboxylic acids is 1. The molecule has 0 bridgehead atoms. The Hall–Kier alpha value is -0.875. The minimum absolute atomic E-state index is 0.193. The Kier molecular flexibility index (Phi) is 3.76. The van der Waals surface area contributed by atoms with E-state index in [4.69, 9.17) is 9.31 Å². The van der Waals surface area contributed by atoms with Gasteiger partial charge < -0.3 is 14.4 Å². The second kappa shape index (κ2) is 4.84. The van der Waals surface area contributed by atoms with Crippen LogP contribution in [0.5, 0.6) is 0 Å². The summed E-state index contributed by atoms with van der Waals surface area (Å²) in [7, 11) is -0.452. The van der Waals surface area contributed by atoms with Crippen LogP contribution in [0.2, 0.25) is 0 Å². The second-order valence-electron chi connectivity index (χ2n) is 6.79. The highest BCUT2D eigenvalue weighted by atomic mass is 19.1. The van der Waals surface area contributed by atoms with Gasteiger partial charge in [0.05, 0.1) is 16.6 Å². The maximum atomic E-state index is 13.1. The summed E-state index contributed by atoms with van der Waals surface area (Å²) in [6.45, 7) is 7.05. The van der Waals surface area contributed by atoms with Gasteiger partial charge in [0.15, 0.2) is 0 Å². The number of rotatable bonds is 3. The van der Waals surface area contributed by atoms with Gasteiger partial charge in [-0.15, -0.1) is 0 Å². The molecule has 0 spiro atoms. The molecule has 0 aromatic rings. The lowest BCUT2D eigenvalue weighted by molar-refractivity contribution is -0.150. The smallest absolute Gasteiger partial charge is 0.481 e. The third-order valence-electron chi connectivity index (χ3n) is 4.91. The van der Waals surface area contributed by atoms with Crippen LogP contribution in [0, 0.1) is 5.41 Å². The molecule has 0 saturated carbocycles. The van der Waals surface area contributed by atoms with Crippen molar-refractivity contribution in [3.63, 3.8) is 0 Å². The first kappa shape index (κ1) is 15.5. The molecule has 2 rings (SSSR count). The summed E-state index contributed by atoms with van der Waals surface area (Å²) in [4.78, 5) is 11.2. The van der Waals surface area contributed by atoms with E-state index in [2.05, 4.69) is 0 Å². The molecule has 20 heavy (non-hydrogen) atoms. The molecule has 112 valence electrons. The topological polar surface area (TPSA) is 55.8 Å². The lowest BCUT2D eigenvalue weighted by atomic mass is 9.66. The summed E-state index contributed by atoms with van der Waals surface area (Å²) < 4.78 is 24.9. The van der Waals surface area contributed by atoms with Crippen molar-refractivity contribution >= 4 is 13.1 Å². The third kappa shape index (κ3) is 2.39. The third-order valence-corrected chi connectivity index (χ3v) is 4.91. The van der Waals surface area contributed by atoms with Gasteiger partial charge in [0.1, 0.15) is 6.67 Å². The quantitative estimate of drug-likeness (QED) is 0.810. The summed E-state index contributed by atoms with van der Waals surface area (Å²) in [6, 6.07) is 0. The van der Waals surface area contributed by atoms with Crippen LogP contribution in [0.25, 0.3) is 0 Å². The molecular weight excluding hydrogens is 262 g/mol. The molecule has 1 atom stereocenters. The zero-order valence-corrected chi connectivity index (χ0v) is 12.5. The number of carboxylic acid groups (broad SMARTS) is 1. The van der Waals surface area contributed by atoms with E-state index >= 15 is 0 Å². The Balaban J connectivity index is 2.13. The largest absolute Gasteiger partial charge is 0.490 e. The van der Waals surface area contributed by atoms with Crippen LogP contribution in [0.3, 0.4) is 0 Å². The predicted octanol–water partition coefficient (Wildman–Crippen LogP) is 2.77. The van der Waals surface area contributed by atoms with Crippen LogP contribution in [0.1, 0.15) is 47.0 Å². The fraction of sp³-hybridized carbons (Fsp3) is 0.786. The minimum Gasteiger partial charge on any atom is -0.481 e. The fourth-order valence-corrected chi connectivity index (χ4v) is 2.50. The summed E-state index contributed by atoms with van der Waals surface area (Å²) in [6.07, 6.45) is 2.75. The molecule has 1 saturated heterocycles. The summed E-state index contributed by atoms with van der Waals surface area (Å²) in [5.41, 5.74) is -1.18. The zero-order valence-electron chi connectivity index (χ0n) is 12.5. The number of hydrogen-bond acceptors (Lipinski definition) is 3. The Morgan fingerprint density at radius 1 is 1.35 bits per heavy atom. The standard InChI is InChI=1S/C14H22BFO4/c1-12(2)13(3,4)20-15(19-12)10-5-7-14(9-16,8-6-10)11(17)18/h5H,6-9H2,1-4H3,(H,17,18)/t14-/m1/s1. The van der Waals surface area contributed by atoms with Crippen LogP contribution in [0.15, 0.2) is 11.5 Å². The van der Waals surface area contributed by atoms with Crippen LogP contribution < -0.4 is 0 Å². The summed E-state index contributed by atoms with van der Waals surface area (Å²) in [5, 5.41) is 9.17. The maximum absolute atomic E-state index is 13.1. The van der Waals surface area contributed by atoms with E-state index in [9.17, 15) is 14.3 Å². The molecule has 1 N–H and O–H groups in total. The van der Waals surface area contributed by atoms with E-state index in [0.717, 1.165) is 5.47 Å². The summed E-state index contributed by atoms with van der Waals surface area (Å²) >= 11 is 0. The van der Waals surface area contributed by atoms with Crippen LogP contribution >= 0.6 is 0 Å². The first-order valence-electron chi connectivity index (χ1n) is 6.97. The molecule has 1 aliphatic heterocycles. The Morgan fingerprint density at radius 2 is 1.90 bits per heavy atom. The van der Waals surface area contributed by atoms with E-state index in [1.165, 1.54) is 0 Å². The molecule has 0 aromatic heterocycles. The highest BCUT2D eigenvalue weighted by molar-refractivity contribution is 6.54. The number of halogens is 1. The molecule has 1 fully saturated rings. The van der Waals surface area contributed by atoms with Gasteiger partial charge in [-0.25, -0.2) is 4.39 Å². The highest BCUT2D eigenvalue weighted by Crippen LogP contribution is 2.43. The molecule has 0 amide bonds. The van der Waals surface area contributed by atoms with Crippen LogP contribution in [-0.2, 0) is 14.1 Å². The number of carboxylic acids is 1. The predicted molar refractivity (Wildman–Crippen MR) is 74.1 cm³/mol. The minimum atomic E-state index is -1.27. The van der Waals surface area contributed by atoms with Crippen molar-refractivity contribution in [2.24, 2.45) is 5.41 Å². The van der Waals surface area contributed by atoms with Gasteiger partial charge in [0.2, 0.25) is 0 Å². The van der Waals surface area contributed by atoms with Gasteiger partial charge in [-0.1, -0.05) is 6.08 Å². The van der Waals surface area contributed by atoms with E-state index in [1.54, 1.807) is 6.08 Å². The number of carbonyl (C=O) groups is 1. The SMILES string of the molecule is CC1(C)OB(C2=CC[C@@](CF)(C(=O)O)CC2)OC1(C)C. The Bertz CT molecular complexity index is 430. The zero-order chi connectivity index (χ0) is 15.2. The molecule has 6 heteroatoms. The summed E-state index contributed by atoms with van der Waals surface area (Å²) in [5.74, 6) is -1.07. The normalized spacial score (nSPS) is 32.0. The van der Waals surface area contributed by atoms with E-state index < -0.39 is 36.4 Å². The van der Waals surface area contributed by atoms with Gasteiger partial charge in [-0.05, 0) is 52.4 Å². The van der Waals surface area contributed by atoms with Crippen molar-refractivity contribution < 1.29 is 23.6 Å². The first-order valence-corrected chi connectivity index (χ1v) is 6.97. The molecule has 1 heterocycles. The van der Waals surface area contributed by atoms with E-state index in [-0.39, 0.29) is 12.8 Å². The lowest BCUT2D eigenvalue weighted by Gasteiger charge is -2.32. The van der Waals surface area contributed by atoms with Gasteiger partial charge >= 0.3 is 13.1 Å². The molecule has 2 aliphatic rings. The molecule has 1 aliphatic carbocycles. The van der Waals surface area contributed by atoms with Gasteiger partial charge in [0.25, 0.3) is 0 Å². The monoisotopic (exact) mass is 284 g/mol. The van der Waals surface area contributed by atoms with Crippen molar-refractivity contribution in [3.8, 4) is 0 Å². The van der Waals surface area contributed by atoms with E-state index in [0.29, 0.717) is 6.42 Å². The van der Waals surface area contributed by atoms with Crippen molar-refractivity contribution in [1.29, 1.82) is 0 Å². The Labute approximate surface area is 119 Å². The van der Waals surface area contributed by atoms with Crippen molar-refractivity contribution in [2.45, 2.75) is 58.2 Å². The maximum Gasteiger partial charge on any atom is 0.490 e. The molecular formula is C14H22BFO4. The van der Waals surface area contributed by atoms with E-state index in [1.807, 2.05) is 27.7 Å². The van der Waals surface area contributed by atoms with Gasteiger partial charge in [0, 0.05) is 0 Å². The average molecular weight is 284 g/mol. The van der Waals surface area contributed by atoms with Gasteiger partial charge in [-0.2, -0.15) is 0 Å². The van der Waals surface area contributed by atoms with Crippen molar-refractivity contribution in [2.75, 3.05) is 6.67 Å². The molecule has 0 aromatic carbocycles. The van der Waals surface area contributed by atoms with Crippen molar-refractivity contribution in [3.05, 3.63) is 11.5 Å². The number of alkyl halides is 1. The lowest BCUT2D eigenvalue weighted by Crippen LogP contribution is -2.41. The first-order chi connectivity index (χ1) is 9.13.